The van der Waals surface area contributed by atoms with E-state index in [4.69, 9.17) is 0 Å². The second-order valence-corrected chi connectivity index (χ2v) is 6.42. The molecule has 1 amide bonds. The average Bonchev–Trinajstić information content (AvgIpc) is 2.88. The number of benzene rings is 2. The lowest BCUT2D eigenvalue weighted by Gasteiger charge is -2.35. The summed E-state index contributed by atoms with van der Waals surface area (Å²) in [5.74, 6) is -0.170. The summed E-state index contributed by atoms with van der Waals surface area (Å²) in [6, 6.07) is 14.5. The highest BCUT2D eigenvalue weighted by Gasteiger charge is 2.30. The van der Waals surface area contributed by atoms with Gasteiger partial charge in [-0.3, -0.25) is 4.79 Å². The quantitative estimate of drug-likeness (QED) is 0.789. The van der Waals surface area contributed by atoms with Crippen LogP contribution >= 0.6 is 0 Å². The smallest absolute Gasteiger partial charge is 0.260 e. The highest BCUT2D eigenvalue weighted by Crippen LogP contribution is 2.35. The number of para-hydroxylation sites is 1. The predicted octanol–water partition coefficient (Wildman–Crippen LogP) is 2.97. The first-order valence-electron chi connectivity index (χ1n) is 8.47. The first-order valence-corrected chi connectivity index (χ1v) is 8.47. The van der Waals surface area contributed by atoms with E-state index in [1.165, 1.54) is 12.1 Å². The Bertz CT molecular complexity index is 823. The maximum atomic E-state index is 13.1. The fourth-order valence-corrected chi connectivity index (χ4v) is 3.47. The topological polar surface area (TPSA) is 26.8 Å². The Hall–Kier alpha value is -2.82. The monoisotopic (exact) mass is 337 g/mol. The molecule has 0 saturated carbocycles. The third kappa shape index (κ3) is 2.86. The van der Waals surface area contributed by atoms with E-state index in [1.54, 1.807) is 4.90 Å². The van der Waals surface area contributed by atoms with Crippen molar-refractivity contribution in [2.24, 2.45) is 0 Å². The minimum atomic E-state index is -0.213. The molecule has 2 heterocycles. The summed E-state index contributed by atoms with van der Waals surface area (Å²) in [5, 5.41) is 0. The molecule has 2 aliphatic rings. The maximum Gasteiger partial charge on any atom is 0.260 e. The number of anilines is 2. The summed E-state index contributed by atoms with van der Waals surface area (Å²) in [6.45, 7) is 3.36. The van der Waals surface area contributed by atoms with Crippen molar-refractivity contribution in [1.29, 1.82) is 0 Å². The van der Waals surface area contributed by atoms with Gasteiger partial charge in [0.05, 0.1) is 11.3 Å². The van der Waals surface area contributed by atoms with Gasteiger partial charge in [-0.15, -0.1) is 0 Å². The van der Waals surface area contributed by atoms with Crippen LogP contribution in [0.4, 0.5) is 15.8 Å². The number of halogens is 1. The summed E-state index contributed by atoms with van der Waals surface area (Å²) in [4.78, 5) is 18.7. The minimum Gasteiger partial charge on any atom is -0.373 e. The molecule has 0 spiro atoms. The van der Waals surface area contributed by atoms with Crippen molar-refractivity contribution >= 4 is 22.9 Å². The van der Waals surface area contributed by atoms with Crippen LogP contribution in [0, 0.1) is 5.82 Å². The second-order valence-electron chi connectivity index (χ2n) is 6.42. The van der Waals surface area contributed by atoms with Crippen molar-refractivity contribution in [2.45, 2.75) is 0 Å². The lowest BCUT2D eigenvalue weighted by Crippen LogP contribution is -2.44. The molecule has 5 heteroatoms. The van der Waals surface area contributed by atoms with Crippen LogP contribution in [0.3, 0.4) is 0 Å². The Morgan fingerprint density at radius 3 is 2.36 bits per heavy atom. The lowest BCUT2D eigenvalue weighted by atomic mass is 10.1. The van der Waals surface area contributed by atoms with Gasteiger partial charge in [0.25, 0.3) is 5.91 Å². The third-order valence-electron chi connectivity index (χ3n) is 4.91. The third-order valence-corrected chi connectivity index (χ3v) is 4.91. The van der Waals surface area contributed by atoms with Crippen molar-refractivity contribution < 1.29 is 9.18 Å². The zero-order valence-electron chi connectivity index (χ0n) is 14.2. The van der Waals surface area contributed by atoms with Crippen molar-refractivity contribution in [3.63, 3.8) is 0 Å². The Balaban J connectivity index is 1.49. The number of hydrogen-bond acceptors (Lipinski definition) is 3. The van der Waals surface area contributed by atoms with Gasteiger partial charge >= 0.3 is 0 Å². The summed E-state index contributed by atoms with van der Waals surface area (Å²) in [6.07, 6.45) is 1.99. The molecule has 128 valence electrons. The standard InChI is InChI=1S/C20H20FN3O/c1-22-19-5-3-2-4-17(19)18(20(22)25)14-23-10-12-24(13-11-23)16-8-6-15(21)7-9-16/h2-9,14H,10-13H2,1H3/b18-14-. The van der Waals surface area contributed by atoms with E-state index in [1.807, 2.05) is 49.6 Å². The number of carbonyl (C=O) groups is 1. The van der Waals surface area contributed by atoms with Gasteiger partial charge in [0, 0.05) is 50.7 Å². The molecule has 1 saturated heterocycles. The van der Waals surface area contributed by atoms with E-state index in [-0.39, 0.29) is 11.7 Å². The number of hydrogen-bond donors (Lipinski definition) is 0. The van der Waals surface area contributed by atoms with E-state index < -0.39 is 0 Å². The summed E-state index contributed by atoms with van der Waals surface area (Å²) < 4.78 is 13.1. The van der Waals surface area contributed by atoms with E-state index in [0.717, 1.165) is 48.7 Å². The zero-order valence-corrected chi connectivity index (χ0v) is 14.2. The van der Waals surface area contributed by atoms with Crippen molar-refractivity contribution in [2.75, 3.05) is 43.0 Å². The van der Waals surface area contributed by atoms with Crippen LogP contribution in [0.1, 0.15) is 5.56 Å². The molecule has 2 aromatic carbocycles. The first kappa shape index (κ1) is 15.7. The van der Waals surface area contributed by atoms with Crippen LogP contribution < -0.4 is 9.80 Å². The van der Waals surface area contributed by atoms with Crippen LogP contribution in [0.5, 0.6) is 0 Å². The number of amides is 1. The van der Waals surface area contributed by atoms with Gasteiger partial charge in [-0.05, 0) is 30.3 Å². The Labute approximate surface area is 146 Å². The Morgan fingerprint density at radius 2 is 1.64 bits per heavy atom. The normalized spacial score (nSPS) is 18.9. The molecule has 0 aromatic heterocycles. The van der Waals surface area contributed by atoms with E-state index in [2.05, 4.69) is 9.80 Å². The van der Waals surface area contributed by atoms with Gasteiger partial charge in [-0.25, -0.2) is 4.39 Å². The van der Waals surface area contributed by atoms with Crippen LogP contribution in [0.25, 0.3) is 5.57 Å². The maximum absolute atomic E-state index is 13.1. The molecule has 4 nitrogen and oxygen atoms in total. The molecule has 25 heavy (non-hydrogen) atoms. The SMILES string of the molecule is CN1C(=O)/C(=C\N2CCN(c3ccc(F)cc3)CC2)c2ccccc21. The van der Waals surface area contributed by atoms with Crippen LogP contribution in [0.15, 0.2) is 54.7 Å². The van der Waals surface area contributed by atoms with Gasteiger partial charge in [0.15, 0.2) is 0 Å². The number of likely N-dealkylation sites (N-methyl/N-ethyl adjacent to an activating group) is 1. The predicted molar refractivity (Wildman–Crippen MR) is 98.0 cm³/mol. The molecule has 0 radical (unpaired) electrons. The largest absolute Gasteiger partial charge is 0.373 e. The zero-order chi connectivity index (χ0) is 17.4. The molecule has 1 fully saturated rings. The molecule has 0 bridgehead atoms. The average molecular weight is 337 g/mol. The Morgan fingerprint density at radius 1 is 0.960 bits per heavy atom. The molecular weight excluding hydrogens is 317 g/mol. The second kappa shape index (κ2) is 6.24. The summed E-state index contributed by atoms with van der Waals surface area (Å²) >= 11 is 0. The molecule has 0 atom stereocenters. The molecule has 4 rings (SSSR count). The number of fused-ring (bicyclic) bond motifs is 1. The highest BCUT2D eigenvalue weighted by molar-refractivity contribution is 6.32. The molecule has 2 aliphatic heterocycles. The summed E-state index contributed by atoms with van der Waals surface area (Å²) in [5.41, 5.74) is 3.75. The van der Waals surface area contributed by atoms with Gasteiger partial charge in [0.1, 0.15) is 5.82 Å². The number of rotatable bonds is 2. The molecule has 2 aromatic rings. The number of carbonyl (C=O) groups excluding carboxylic acids is 1. The van der Waals surface area contributed by atoms with Gasteiger partial charge < -0.3 is 14.7 Å². The van der Waals surface area contributed by atoms with Gasteiger partial charge in [-0.1, -0.05) is 18.2 Å². The van der Waals surface area contributed by atoms with E-state index >= 15 is 0 Å². The highest BCUT2D eigenvalue weighted by atomic mass is 19.1. The first-order chi connectivity index (χ1) is 12.1. The van der Waals surface area contributed by atoms with Crippen LogP contribution in [-0.4, -0.2) is 44.0 Å². The molecular formula is C20H20FN3O. The van der Waals surface area contributed by atoms with Crippen molar-refractivity contribution in [3.05, 3.63) is 66.1 Å². The van der Waals surface area contributed by atoms with E-state index in [0.29, 0.717) is 0 Å². The summed E-state index contributed by atoms with van der Waals surface area (Å²) in [7, 11) is 1.81. The fraction of sp³-hybridized carbons (Fsp3) is 0.250. The van der Waals surface area contributed by atoms with Crippen molar-refractivity contribution in [1.82, 2.24) is 4.90 Å². The van der Waals surface area contributed by atoms with Gasteiger partial charge in [-0.2, -0.15) is 0 Å². The number of piperazine rings is 1. The van der Waals surface area contributed by atoms with Crippen LogP contribution in [-0.2, 0) is 4.79 Å². The molecule has 0 unspecified atom stereocenters. The molecule has 0 aliphatic carbocycles. The Kier molecular flexibility index (Phi) is 3.92. The lowest BCUT2D eigenvalue weighted by molar-refractivity contribution is -0.112. The fourth-order valence-electron chi connectivity index (χ4n) is 3.47. The van der Waals surface area contributed by atoms with Crippen molar-refractivity contribution in [3.8, 4) is 0 Å². The van der Waals surface area contributed by atoms with Gasteiger partial charge in [0.2, 0.25) is 0 Å². The van der Waals surface area contributed by atoms with E-state index in [9.17, 15) is 9.18 Å². The minimum absolute atomic E-state index is 0.0437. The van der Waals surface area contributed by atoms with Crippen LogP contribution in [0.2, 0.25) is 0 Å². The number of nitrogens with zero attached hydrogens (tertiary/aromatic N) is 3. The molecule has 0 N–H and O–H groups in total.